The normalized spacial score (nSPS) is 14.5. The van der Waals surface area contributed by atoms with Crippen LogP contribution in [0.2, 0.25) is 0 Å². The van der Waals surface area contributed by atoms with E-state index < -0.39 is 0 Å². The van der Waals surface area contributed by atoms with Gasteiger partial charge in [-0.2, -0.15) is 0 Å². The van der Waals surface area contributed by atoms with Crippen molar-refractivity contribution in [2.24, 2.45) is 0 Å². The van der Waals surface area contributed by atoms with Gasteiger partial charge in [0.2, 0.25) is 5.95 Å². The van der Waals surface area contributed by atoms with Crippen LogP contribution in [-0.4, -0.2) is 14.5 Å². The van der Waals surface area contributed by atoms with Crippen molar-refractivity contribution in [3.63, 3.8) is 0 Å². The van der Waals surface area contributed by atoms with Gasteiger partial charge in [0.05, 0.1) is 22.1 Å². The standard InChI is InChI=1S/C41H31N3/c1-41(2)33-17-9-6-15-31(33)37-34(41)25-24-30-29-14-8-11-19-36(29)44(39(30)37)40-42-35-18-10-7-16-32(35)38(43-40)28-22-20-27(21-23-28)26-12-4-3-5-13-26/h3-6,8-9,11-25H,7,10H2,1-2H3. The third-order valence-corrected chi connectivity index (χ3v) is 9.66. The Morgan fingerprint density at radius 1 is 0.591 bits per heavy atom. The fourth-order valence-corrected chi connectivity index (χ4v) is 7.50. The summed E-state index contributed by atoms with van der Waals surface area (Å²) in [6.07, 6.45) is 6.57. The molecular weight excluding hydrogens is 534 g/mol. The van der Waals surface area contributed by atoms with Crippen molar-refractivity contribution < 1.29 is 0 Å². The lowest BCUT2D eigenvalue weighted by molar-refractivity contribution is 0.660. The van der Waals surface area contributed by atoms with E-state index in [0.717, 1.165) is 46.1 Å². The molecular formula is C41H31N3. The molecule has 0 fully saturated rings. The zero-order valence-electron chi connectivity index (χ0n) is 24.9. The van der Waals surface area contributed by atoms with Crippen LogP contribution in [0.4, 0.5) is 0 Å². The molecule has 2 aliphatic rings. The topological polar surface area (TPSA) is 30.7 Å². The predicted octanol–water partition coefficient (Wildman–Crippen LogP) is 8.57. The van der Waals surface area contributed by atoms with E-state index in [1.807, 2.05) is 0 Å². The Kier molecular flexibility index (Phi) is 5.37. The minimum absolute atomic E-state index is 0.0908. The Morgan fingerprint density at radius 2 is 1.30 bits per heavy atom. The van der Waals surface area contributed by atoms with Crippen LogP contribution in [0.25, 0.3) is 73.4 Å². The summed E-state index contributed by atoms with van der Waals surface area (Å²) in [4.78, 5) is 10.7. The van der Waals surface area contributed by atoms with Gasteiger partial charge in [0.15, 0.2) is 0 Å². The molecule has 7 aromatic rings. The second kappa shape index (κ2) is 9.36. The van der Waals surface area contributed by atoms with E-state index in [1.165, 1.54) is 49.7 Å². The number of benzene rings is 5. The number of para-hydroxylation sites is 1. The first kappa shape index (κ1) is 25.2. The first-order valence-electron chi connectivity index (χ1n) is 15.5. The summed E-state index contributed by atoms with van der Waals surface area (Å²) in [6.45, 7) is 4.68. The number of nitrogens with zero attached hydrogens (tertiary/aromatic N) is 3. The molecule has 2 aliphatic carbocycles. The van der Waals surface area contributed by atoms with Crippen LogP contribution in [0.5, 0.6) is 0 Å². The average Bonchev–Trinajstić information content (AvgIpc) is 3.54. The second-order valence-corrected chi connectivity index (χ2v) is 12.5. The molecule has 0 spiro atoms. The molecule has 5 aromatic carbocycles. The van der Waals surface area contributed by atoms with Crippen molar-refractivity contribution in [2.45, 2.75) is 32.1 Å². The lowest BCUT2D eigenvalue weighted by Crippen LogP contribution is -2.34. The molecule has 210 valence electrons. The van der Waals surface area contributed by atoms with E-state index in [4.69, 9.17) is 9.97 Å². The highest BCUT2D eigenvalue weighted by Crippen LogP contribution is 2.52. The minimum atomic E-state index is -0.0908. The third kappa shape index (κ3) is 3.56. The fraction of sp³-hybridized carbons (Fsp3) is 0.122. The van der Waals surface area contributed by atoms with Gasteiger partial charge in [-0.1, -0.05) is 135 Å². The molecule has 2 aromatic heterocycles. The summed E-state index contributed by atoms with van der Waals surface area (Å²) in [5.41, 5.74) is 12.0. The molecule has 0 saturated heterocycles. The highest BCUT2D eigenvalue weighted by molar-refractivity contribution is 6.15. The molecule has 44 heavy (non-hydrogen) atoms. The second-order valence-electron chi connectivity index (χ2n) is 12.5. The predicted molar refractivity (Wildman–Crippen MR) is 182 cm³/mol. The maximum Gasteiger partial charge on any atom is 0.235 e. The van der Waals surface area contributed by atoms with Crippen molar-refractivity contribution in [3.05, 3.63) is 137 Å². The lowest BCUT2D eigenvalue weighted by Gasteiger charge is -2.21. The van der Waals surface area contributed by atoms with Crippen LogP contribution in [0.15, 0.2) is 115 Å². The fourth-order valence-electron chi connectivity index (χ4n) is 7.50. The zero-order valence-corrected chi connectivity index (χ0v) is 24.9. The van der Waals surface area contributed by atoms with Crippen LogP contribution in [0.3, 0.4) is 0 Å². The van der Waals surface area contributed by atoms with Crippen LogP contribution in [-0.2, 0) is 5.41 Å². The van der Waals surface area contributed by atoms with Crippen LogP contribution in [0.1, 0.15) is 37.8 Å². The Balaban J connectivity index is 1.35. The van der Waals surface area contributed by atoms with E-state index in [2.05, 4.69) is 146 Å². The summed E-state index contributed by atoms with van der Waals surface area (Å²) in [5.74, 6) is 0.722. The summed E-state index contributed by atoms with van der Waals surface area (Å²) >= 11 is 0. The van der Waals surface area contributed by atoms with Gasteiger partial charge in [0.1, 0.15) is 0 Å². The molecule has 0 radical (unpaired) electrons. The smallest absolute Gasteiger partial charge is 0.235 e. The molecule has 0 unspecified atom stereocenters. The number of fused-ring (bicyclic) bond motifs is 8. The van der Waals surface area contributed by atoms with E-state index >= 15 is 0 Å². The molecule has 0 N–H and O–H groups in total. The van der Waals surface area contributed by atoms with Gasteiger partial charge in [-0.25, -0.2) is 9.97 Å². The third-order valence-electron chi connectivity index (χ3n) is 9.66. The largest absolute Gasteiger partial charge is 0.277 e. The van der Waals surface area contributed by atoms with E-state index in [9.17, 15) is 0 Å². The molecule has 0 saturated carbocycles. The van der Waals surface area contributed by atoms with Crippen molar-refractivity contribution >= 4 is 34.0 Å². The molecule has 0 bridgehead atoms. The summed E-state index contributed by atoms with van der Waals surface area (Å²) < 4.78 is 2.33. The molecule has 0 amide bonds. The van der Waals surface area contributed by atoms with Gasteiger partial charge in [-0.15, -0.1) is 0 Å². The van der Waals surface area contributed by atoms with E-state index in [-0.39, 0.29) is 5.41 Å². The van der Waals surface area contributed by atoms with Crippen LogP contribution >= 0.6 is 0 Å². The first-order chi connectivity index (χ1) is 21.6. The van der Waals surface area contributed by atoms with Gasteiger partial charge in [0.25, 0.3) is 0 Å². The van der Waals surface area contributed by atoms with Gasteiger partial charge >= 0.3 is 0 Å². The number of hydrogen-bond acceptors (Lipinski definition) is 2. The lowest BCUT2D eigenvalue weighted by atomic mass is 9.82. The minimum Gasteiger partial charge on any atom is -0.277 e. The summed E-state index contributed by atoms with van der Waals surface area (Å²) in [6, 6.07) is 41.6. The molecule has 3 nitrogen and oxygen atoms in total. The monoisotopic (exact) mass is 565 g/mol. The van der Waals surface area contributed by atoms with Gasteiger partial charge in [0, 0.05) is 32.5 Å². The van der Waals surface area contributed by atoms with Crippen molar-refractivity contribution in [1.29, 1.82) is 0 Å². The van der Waals surface area contributed by atoms with Crippen molar-refractivity contribution in [2.75, 3.05) is 0 Å². The van der Waals surface area contributed by atoms with Crippen molar-refractivity contribution in [1.82, 2.24) is 14.5 Å². The molecule has 3 heteroatoms. The summed E-state index contributed by atoms with van der Waals surface area (Å²) in [5, 5.41) is 4.60. The highest BCUT2D eigenvalue weighted by Gasteiger charge is 2.37. The van der Waals surface area contributed by atoms with Gasteiger partial charge in [-0.05, 0) is 46.7 Å². The van der Waals surface area contributed by atoms with Crippen LogP contribution in [0, 0.1) is 0 Å². The average molecular weight is 566 g/mol. The van der Waals surface area contributed by atoms with Crippen LogP contribution < -0.4 is 10.6 Å². The Bertz CT molecular complexity index is 2390. The highest BCUT2D eigenvalue weighted by atomic mass is 15.2. The molecule has 9 rings (SSSR count). The quantitative estimate of drug-likeness (QED) is 0.215. The molecule has 0 aliphatic heterocycles. The first-order valence-corrected chi connectivity index (χ1v) is 15.5. The van der Waals surface area contributed by atoms with Crippen molar-refractivity contribution in [3.8, 4) is 39.5 Å². The molecule has 2 heterocycles. The van der Waals surface area contributed by atoms with Gasteiger partial charge in [-0.3, -0.25) is 4.57 Å². The number of hydrogen-bond donors (Lipinski definition) is 0. The van der Waals surface area contributed by atoms with Gasteiger partial charge < -0.3 is 0 Å². The van der Waals surface area contributed by atoms with E-state index in [1.54, 1.807) is 0 Å². The Morgan fingerprint density at radius 3 is 2.16 bits per heavy atom. The summed E-state index contributed by atoms with van der Waals surface area (Å²) in [7, 11) is 0. The Labute approximate surface area is 256 Å². The number of aromatic nitrogens is 3. The molecule has 0 atom stereocenters. The zero-order chi connectivity index (χ0) is 29.4. The maximum atomic E-state index is 5.42. The van der Waals surface area contributed by atoms with E-state index in [0.29, 0.717) is 0 Å². The number of rotatable bonds is 3. The maximum absolute atomic E-state index is 5.42. The Hall–Kier alpha value is -5.28. The SMILES string of the molecule is CC1(C)c2ccccc2-c2c1ccc1c3ccccc3n(-c3nc(-c4ccc(-c5ccccc5)cc4)c4c(n3)=CCCC=4)c21.